The van der Waals surface area contributed by atoms with E-state index in [0.29, 0.717) is 6.04 Å². The van der Waals surface area contributed by atoms with E-state index in [2.05, 4.69) is 12.2 Å². The Morgan fingerprint density at radius 2 is 2.19 bits per heavy atom. The molecule has 1 saturated heterocycles. The summed E-state index contributed by atoms with van der Waals surface area (Å²) in [6, 6.07) is 0.661. The van der Waals surface area contributed by atoms with Crippen LogP contribution in [0.15, 0.2) is 0 Å². The van der Waals surface area contributed by atoms with Gasteiger partial charge in [-0.15, -0.1) is 0 Å². The van der Waals surface area contributed by atoms with Gasteiger partial charge in [0.2, 0.25) is 0 Å². The third kappa shape index (κ3) is 3.14. The van der Waals surface area contributed by atoms with Crippen LogP contribution in [-0.2, 0) is 0 Å². The van der Waals surface area contributed by atoms with Crippen molar-refractivity contribution in [3.05, 3.63) is 0 Å². The summed E-state index contributed by atoms with van der Waals surface area (Å²) in [6.45, 7) is 3.10. The maximum absolute atomic E-state index is 10.3. The van der Waals surface area contributed by atoms with E-state index in [4.69, 9.17) is 0 Å². The van der Waals surface area contributed by atoms with Crippen molar-refractivity contribution in [3.63, 3.8) is 0 Å². The molecule has 94 valence electrons. The van der Waals surface area contributed by atoms with E-state index >= 15 is 0 Å². The summed E-state index contributed by atoms with van der Waals surface area (Å²) in [4.78, 5) is 0. The lowest BCUT2D eigenvalue weighted by molar-refractivity contribution is 0.0591. The second kappa shape index (κ2) is 5.74. The largest absolute Gasteiger partial charge is 0.388 e. The molecule has 3 heteroatoms. The monoisotopic (exact) mass is 243 g/mol. The van der Waals surface area contributed by atoms with Crippen LogP contribution in [0.2, 0.25) is 0 Å². The molecule has 0 aromatic carbocycles. The zero-order chi connectivity index (χ0) is 11.4. The van der Waals surface area contributed by atoms with Gasteiger partial charge in [-0.25, -0.2) is 0 Å². The van der Waals surface area contributed by atoms with E-state index in [1.165, 1.54) is 32.1 Å². The fraction of sp³-hybridized carbons (Fsp3) is 1.00. The molecule has 3 atom stereocenters. The Morgan fingerprint density at radius 1 is 1.38 bits per heavy atom. The number of hydrogen-bond donors (Lipinski definition) is 2. The van der Waals surface area contributed by atoms with E-state index in [-0.39, 0.29) is 0 Å². The van der Waals surface area contributed by atoms with Crippen molar-refractivity contribution in [3.8, 4) is 0 Å². The van der Waals surface area contributed by atoms with Crippen LogP contribution in [-0.4, -0.2) is 34.8 Å². The first kappa shape index (κ1) is 12.7. The lowest BCUT2D eigenvalue weighted by Crippen LogP contribution is -2.47. The lowest BCUT2D eigenvalue weighted by atomic mass is 9.82. The summed E-state index contributed by atoms with van der Waals surface area (Å²) in [5.41, 5.74) is -0.416. The maximum Gasteiger partial charge on any atom is 0.0869 e. The average molecular weight is 243 g/mol. The van der Waals surface area contributed by atoms with Gasteiger partial charge in [0.15, 0.2) is 0 Å². The molecule has 2 aliphatic rings. The predicted molar refractivity (Wildman–Crippen MR) is 70.9 cm³/mol. The number of nitrogens with one attached hydrogen (secondary N) is 1. The summed E-state index contributed by atoms with van der Waals surface area (Å²) in [6.07, 6.45) is 7.69. The highest BCUT2D eigenvalue weighted by atomic mass is 32.2. The first-order chi connectivity index (χ1) is 7.73. The van der Waals surface area contributed by atoms with Gasteiger partial charge in [-0.05, 0) is 30.9 Å². The lowest BCUT2D eigenvalue weighted by Gasteiger charge is -2.34. The van der Waals surface area contributed by atoms with Crippen molar-refractivity contribution < 1.29 is 5.11 Å². The first-order valence-electron chi connectivity index (χ1n) is 6.77. The quantitative estimate of drug-likeness (QED) is 0.795. The van der Waals surface area contributed by atoms with E-state index in [1.807, 2.05) is 11.8 Å². The molecule has 2 nitrogen and oxygen atoms in total. The van der Waals surface area contributed by atoms with Gasteiger partial charge in [0.1, 0.15) is 0 Å². The summed E-state index contributed by atoms with van der Waals surface area (Å²) >= 11 is 1.88. The highest BCUT2D eigenvalue weighted by Crippen LogP contribution is 2.30. The third-order valence-electron chi connectivity index (χ3n) is 4.21. The molecular weight excluding hydrogens is 218 g/mol. The van der Waals surface area contributed by atoms with E-state index in [1.54, 1.807) is 0 Å². The molecule has 1 saturated carbocycles. The summed E-state index contributed by atoms with van der Waals surface area (Å²) in [5.74, 6) is 2.88. The van der Waals surface area contributed by atoms with Crippen LogP contribution in [0.1, 0.15) is 45.4 Å². The SMILES string of the molecule is CCC1CCCCC1NCC1(O)CCSC1. The Balaban J connectivity index is 1.79. The zero-order valence-corrected chi connectivity index (χ0v) is 11.2. The van der Waals surface area contributed by atoms with Gasteiger partial charge in [-0.1, -0.05) is 26.2 Å². The van der Waals surface area contributed by atoms with Gasteiger partial charge < -0.3 is 10.4 Å². The van der Waals surface area contributed by atoms with E-state index in [0.717, 1.165) is 30.4 Å². The van der Waals surface area contributed by atoms with Gasteiger partial charge in [0.25, 0.3) is 0 Å². The average Bonchev–Trinajstić information content (AvgIpc) is 2.74. The maximum atomic E-state index is 10.3. The van der Waals surface area contributed by atoms with Gasteiger partial charge in [0.05, 0.1) is 5.60 Å². The number of hydrogen-bond acceptors (Lipinski definition) is 3. The van der Waals surface area contributed by atoms with Crippen LogP contribution < -0.4 is 5.32 Å². The van der Waals surface area contributed by atoms with Crippen molar-refractivity contribution in [2.75, 3.05) is 18.1 Å². The minimum Gasteiger partial charge on any atom is -0.388 e. The summed E-state index contributed by atoms with van der Waals surface area (Å²) in [5, 5.41) is 13.9. The molecule has 0 amide bonds. The second-order valence-electron chi connectivity index (χ2n) is 5.47. The Hall–Kier alpha value is 0.270. The molecule has 0 aromatic heterocycles. The molecule has 0 radical (unpaired) electrons. The fourth-order valence-corrected chi connectivity index (χ4v) is 4.32. The molecular formula is C13H25NOS. The number of rotatable bonds is 4. The smallest absolute Gasteiger partial charge is 0.0869 e. The predicted octanol–water partition coefficient (Wildman–Crippen LogP) is 2.41. The molecule has 2 rings (SSSR count). The normalized spacial score (nSPS) is 40.1. The number of thioether (sulfide) groups is 1. The van der Waals surface area contributed by atoms with Crippen LogP contribution >= 0.6 is 11.8 Å². The minimum atomic E-state index is -0.416. The summed E-state index contributed by atoms with van der Waals surface area (Å²) in [7, 11) is 0. The second-order valence-corrected chi connectivity index (χ2v) is 6.57. The standard InChI is InChI=1S/C13H25NOS/c1-2-11-5-3-4-6-12(11)14-9-13(15)7-8-16-10-13/h11-12,14-15H,2-10H2,1H3. The molecule has 1 aliphatic heterocycles. The van der Waals surface area contributed by atoms with Crippen LogP contribution in [0, 0.1) is 5.92 Å². The van der Waals surface area contributed by atoms with Crippen molar-refractivity contribution >= 4 is 11.8 Å². The van der Waals surface area contributed by atoms with Gasteiger partial charge in [-0.3, -0.25) is 0 Å². The molecule has 1 heterocycles. The van der Waals surface area contributed by atoms with Crippen molar-refractivity contribution in [1.29, 1.82) is 0 Å². The van der Waals surface area contributed by atoms with Gasteiger partial charge in [0, 0.05) is 18.3 Å². The molecule has 0 aromatic rings. The van der Waals surface area contributed by atoms with Crippen LogP contribution in [0.5, 0.6) is 0 Å². The highest BCUT2D eigenvalue weighted by Gasteiger charge is 2.33. The van der Waals surface area contributed by atoms with Gasteiger partial charge >= 0.3 is 0 Å². The Bertz CT molecular complexity index is 216. The van der Waals surface area contributed by atoms with Crippen LogP contribution in [0.3, 0.4) is 0 Å². The highest BCUT2D eigenvalue weighted by molar-refractivity contribution is 7.99. The van der Waals surface area contributed by atoms with Crippen molar-refractivity contribution in [2.45, 2.75) is 57.1 Å². The van der Waals surface area contributed by atoms with Gasteiger partial charge in [-0.2, -0.15) is 11.8 Å². The van der Waals surface area contributed by atoms with E-state index in [9.17, 15) is 5.11 Å². The summed E-state index contributed by atoms with van der Waals surface area (Å²) < 4.78 is 0. The topological polar surface area (TPSA) is 32.3 Å². The first-order valence-corrected chi connectivity index (χ1v) is 7.92. The molecule has 0 bridgehead atoms. The van der Waals surface area contributed by atoms with Crippen molar-refractivity contribution in [2.24, 2.45) is 5.92 Å². The zero-order valence-electron chi connectivity index (χ0n) is 10.4. The molecule has 16 heavy (non-hydrogen) atoms. The molecule has 3 unspecified atom stereocenters. The molecule has 2 N–H and O–H groups in total. The molecule has 2 fully saturated rings. The Kier molecular flexibility index (Phi) is 4.57. The molecule has 1 aliphatic carbocycles. The van der Waals surface area contributed by atoms with Crippen LogP contribution in [0.25, 0.3) is 0 Å². The molecule has 0 spiro atoms. The Morgan fingerprint density at radius 3 is 2.88 bits per heavy atom. The van der Waals surface area contributed by atoms with Crippen molar-refractivity contribution in [1.82, 2.24) is 5.32 Å². The Labute approximate surface area is 104 Å². The third-order valence-corrected chi connectivity index (χ3v) is 5.44. The number of aliphatic hydroxyl groups is 1. The van der Waals surface area contributed by atoms with E-state index < -0.39 is 5.60 Å². The fourth-order valence-electron chi connectivity index (χ4n) is 3.02. The van der Waals surface area contributed by atoms with Crippen LogP contribution in [0.4, 0.5) is 0 Å². The minimum absolute atomic E-state index is 0.416.